The zero-order chi connectivity index (χ0) is 11.4. The Morgan fingerprint density at radius 2 is 2.00 bits per heavy atom. The van der Waals surface area contributed by atoms with Gasteiger partial charge < -0.3 is 5.32 Å². The predicted molar refractivity (Wildman–Crippen MR) is 63.3 cm³/mol. The van der Waals surface area contributed by atoms with Gasteiger partial charge in [-0.15, -0.1) is 0 Å². The van der Waals surface area contributed by atoms with E-state index in [9.17, 15) is 0 Å². The van der Waals surface area contributed by atoms with Gasteiger partial charge in [0.1, 0.15) is 17.2 Å². The summed E-state index contributed by atoms with van der Waals surface area (Å²) in [6, 6.07) is 4.02. The van der Waals surface area contributed by atoms with Crippen molar-refractivity contribution in [2.75, 3.05) is 5.32 Å². The van der Waals surface area contributed by atoms with Crippen LogP contribution in [0.2, 0.25) is 5.02 Å². The number of nitrogens with one attached hydrogen (secondary N) is 1. The lowest BCUT2D eigenvalue weighted by atomic mass is 10.1. The van der Waals surface area contributed by atoms with Gasteiger partial charge in [-0.25, -0.2) is 9.97 Å². The van der Waals surface area contributed by atoms with Gasteiger partial charge in [-0.2, -0.15) is 0 Å². The maximum Gasteiger partial charge on any atom is 0.148 e. The molecule has 82 valence electrons. The Hall–Kier alpha value is -1.68. The van der Waals surface area contributed by atoms with E-state index in [0.717, 1.165) is 5.56 Å². The summed E-state index contributed by atoms with van der Waals surface area (Å²) in [4.78, 5) is 11.9. The first-order chi connectivity index (χ1) is 7.77. The standard InChI is InChI=1S/C11H11ClN4/c1-8(9-2-4-13-5-3-9)16-11-10(12)6-14-7-15-11/h2-8H,1H3,(H,14,15,16). The van der Waals surface area contributed by atoms with Gasteiger partial charge in [0, 0.05) is 12.4 Å². The highest BCUT2D eigenvalue weighted by molar-refractivity contribution is 6.32. The minimum atomic E-state index is 0.121. The van der Waals surface area contributed by atoms with Gasteiger partial charge in [0.25, 0.3) is 0 Å². The third-order valence-corrected chi connectivity index (χ3v) is 2.50. The molecule has 0 saturated heterocycles. The SMILES string of the molecule is CC(Nc1ncncc1Cl)c1ccncc1. The molecule has 2 heterocycles. The number of anilines is 1. The first-order valence-corrected chi connectivity index (χ1v) is 5.27. The lowest BCUT2D eigenvalue weighted by molar-refractivity contribution is 0.868. The second kappa shape index (κ2) is 4.90. The van der Waals surface area contributed by atoms with E-state index in [2.05, 4.69) is 20.3 Å². The van der Waals surface area contributed by atoms with Gasteiger partial charge in [0.05, 0.1) is 12.2 Å². The van der Waals surface area contributed by atoms with Gasteiger partial charge in [0.2, 0.25) is 0 Å². The van der Waals surface area contributed by atoms with Crippen molar-refractivity contribution in [3.05, 3.63) is 47.6 Å². The largest absolute Gasteiger partial charge is 0.362 e. The molecule has 0 bridgehead atoms. The van der Waals surface area contributed by atoms with Crippen LogP contribution in [0.5, 0.6) is 0 Å². The van der Waals surface area contributed by atoms with E-state index >= 15 is 0 Å². The van der Waals surface area contributed by atoms with E-state index in [0.29, 0.717) is 10.8 Å². The zero-order valence-electron chi connectivity index (χ0n) is 8.76. The van der Waals surface area contributed by atoms with Crippen LogP contribution in [0.1, 0.15) is 18.5 Å². The van der Waals surface area contributed by atoms with Crippen molar-refractivity contribution in [3.63, 3.8) is 0 Å². The van der Waals surface area contributed by atoms with Gasteiger partial charge in [0.15, 0.2) is 0 Å². The molecule has 0 amide bonds. The topological polar surface area (TPSA) is 50.7 Å². The average Bonchev–Trinajstić information content (AvgIpc) is 2.33. The molecule has 1 unspecified atom stereocenters. The second-order valence-electron chi connectivity index (χ2n) is 3.37. The minimum absolute atomic E-state index is 0.121. The first kappa shape index (κ1) is 10.8. The molecule has 2 aromatic rings. The van der Waals surface area contributed by atoms with Crippen molar-refractivity contribution in [2.45, 2.75) is 13.0 Å². The Labute approximate surface area is 98.7 Å². The molecule has 1 atom stereocenters. The smallest absolute Gasteiger partial charge is 0.148 e. The van der Waals surface area contributed by atoms with E-state index in [1.54, 1.807) is 18.6 Å². The van der Waals surface area contributed by atoms with Crippen LogP contribution in [0.4, 0.5) is 5.82 Å². The van der Waals surface area contributed by atoms with Crippen LogP contribution in [0.3, 0.4) is 0 Å². The number of aromatic nitrogens is 3. The average molecular weight is 235 g/mol. The number of halogens is 1. The van der Waals surface area contributed by atoms with Crippen molar-refractivity contribution in [2.24, 2.45) is 0 Å². The maximum atomic E-state index is 5.96. The van der Waals surface area contributed by atoms with Crippen LogP contribution >= 0.6 is 11.6 Å². The van der Waals surface area contributed by atoms with Crippen molar-refractivity contribution in [1.29, 1.82) is 0 Å². The van der Waals surface area contributed by atoms with Gasteiger partial charge >= 0.3 is 0 Å². The maximum absolute atomic E-state index is 5.96. The first-order valence-electron chi connectivity index (χ1n) is 4.89. The Balaban J connectivity index is 2.14. The van der Waals surface area contributed by atoms with Crippen molar-refractivity contribution in [1.82, 2.24) is 15.0 Å². The van der Waals surface area contributed by atoms with Crippen molar-refractivity contribution in [3.8, 4) is 0 Å². The van der Waals surface area contributed by atoms with Crippen LogP contribution in [0.25, 0.3) is 0 Å². The summed E-state index contributed by atoms with van der Waals surface area (Å²) < 4.78 is 0. The summed E-state index contributed by atoms with van der Waals surface area (Å²) in [5, 5.41) is 3.73. The fourth-order valence-electron chi connectivity index (χ4n) is 1.36. The number of rotatable bonds is 3. The molecule has 0 saturated carbocycles. The normalized spacial score (nSPS) is 12.1. The second-order valence-corrected chi connectivity index (χ2v) is 3.77. The Morgan fingerprint density at radius 1 is 1.25 bits per heavy atom. The predicted octanol–water partition coefficient (Wildman–Crippen LogP) is 2.70. The Morgan fingerprint density at radius 3 is 2.69 bits per heavy atom. The third-order valence-electron chi connectivity index (χ3n) is 2.23. The fourth-order valence-corrected chi connectivity index (χ4v) is 1.52. The number of pyridine rings is 1. The molecule has 0 aliphatic heterocycles. The summed E-state index contributed by atoms with van der Waals surface area (Å²) in [7, 11) is 0. The van der Waals surface area contributed by atoms with E-state index in [1.165, 1.54) is 6.33 Å². The van der Waals surface area contributed by atoms with Crippen LogP contribution in [0.15, 0.2) is 37.1 Å². The summed E-state index contributed by atoms with van der Waals surface area (Å²) in [6.45, 7) is 2.04. The summed E-state index contributed by atoms with van der Waals surface area (Å²) in [6.07, 6.45) is 6.55. The van der Waals surface area contributed by atoms with Crippen molar-refractivity contribution >= 4 is 17.4 Å². The molecular weight excluding hydrogens is 224 g/mol. The molecule has 0 radical (unpaired) electrons. The van der Waals surface area contributed by atoms with Crippen LogP contribution in [-0.4, -0.2) is 15.0 Å². The Bertz CT molecular complexity index is 461. The number of nitrogens with zero attached hydrogens (tertiary/aromatic N) is 3. The highest BCUT2D eigenvalue weighted by Crippen LogP contribution is 2.22. The van der Waals surface area contributed by atoms with E-state index in [1.807, 2.05) is 19.1 Å². The summed E-state index contributed by atoms with van der Waals surface area (Å²) >= 11 is 5.96. The van der Waals surface area contributed by atoms with Gasteiger partial charge in [-0.1, -0.05) is 11.6 Å². The number of hydrogen-bond acceptors (Lipinski definition) is 4. The monoisotopic (exact) mass is 234 g/mol. The fraction of sp³-hybridized carbons (Fsp3) is 0.182. The molecule has 0 aromatic carbocycles. The molecule has 0 fully saturated rings. The molecule has 0 spiro atoms. The molecule has 16 heavy (non-hydrogen) atoms. The Kier molecular flexibility index (Phi) is 3.31. The molecule has 0 aliphatic carbocycles. The molecule has 1 N–H and O–H groups in total. The highest BCUT2D eigenvalue weighted by atomic mass is 35.5. The minimum Gasteiger partial charge on any atom is -0.362 e. The van der Waals surface area contributed by atoms with E-state index < -0.39 is 0 Å². The van der Waals surface area contributed by atoms with E-state index in [-0.39, 0.29) is 6.04 Å². The van der Waals surface area contributed by atoms with Crippen LogP contribution < -0.4 is 5.32 Å². The van der Waals surface area contributed by atoms with Crippen LogP contribution in [0, 0.1) is 0 Å². The molecule has 5 heteroatoms. The molecule has 2 rings (SSSR count). The highest BCUT2D eigenvalue weighted by Gasteiger charge is 2.07. The molecule has 2 aromatic heterocycles. The molecule has 4 nitrogen and oxygen atoms in total. The summed E-state index contributed by atoms with van der Waals surface area (Å²) in [5.41, 5.74) is 1.13. The quantitative estimate of drug-likeness (QED) is 0.887. The van der Waals surface area contributed by atoms with Crippen LogP contribution in [-0.2, 0) is 0 Å². The van der Waals surface area contributed by atoms with E-state index in [4.69, 9.17) is 11.6 Å². The van der Waals surface area contributed by atoms with Gasteiger partial charge in [-0.3, -0.25) is 4.98 Å². The molecular formula is C11H11ClN4. The lowest BCUT2D eigenvalue weighted by Crippen LogP contribution is -2.08. The third kappa shape index (κ3) is 2.46. The lowest BCUT2D eigenvalue weighted by Gasteiger charge is -2.14. The summed E-state index contributed by atoms with van der Waals surface area (Å²) in [5.74, 6) is 0.640. The van der Waals surface area contributed by atoms with Gasteiger partial charge in [-0.05, 0) is 24.6 Å². The van der Waals surface area contributed by atoms with Crippen molar-refractivity contribution < 1.29 is 0 Å². The zero-order valence-corrected chi connectivity index (χ0v) is 9.52. The molecule has 0 aliphatic rings. The number of hydrogen-bond donors (Lipinski definition) is 1.